The highest BCUT2D eigenvalue weighted by atomic mass is 16.6. The van der Waals surface area contributed by atoms with E-state index in [0.29, 0.717) is 24.3 Å². The van der Waals surface area contributed by atoms with Crippen molar-refractivity contribution >= 4 is 23.9 Å². The predicted molar refractivity (Wildman–Crippen MR) is 125 cm³/mol. The van der Waals surface area contributed by atoms with Gasteiger partial charge in [-0.3, -0.25) is 14.4 Å². The van der Waals surface area contributed by atoms with E-state index >= 15 is 0 Å². The van der Waals surface area contributed by atoms with Gasteiger partial charge in [-0.1, -0.05) is 18.6 Å². The Bertz CT molecular complexity index is 851. The van der Waals surface area contributed by atoms with Crippen molar-refractivity contribution in [3.05, 3.63) is 29.8 Å². The van der Waals surface area contributed by atoms with Crippen molar-refractivity contribution in [2.24, 2.45) is 28.7 Å². The second kappa shape index (κ2) is 15.0. The molecule has 196 valence electrons. The molecular formula is C22H35N5O8. The van der Waals surface area contributed by atoms with Gasteiger partial charge in [-0.05, 0) is 50.4 Å². The summed E-state index contributed by atoms with van der Waals surface area (Å²) in [6.45, 7) is 1.33. The number of nitrogens with two attached hydrogens (primary N) is 5. The molecule has 5 atom stereocenters. The van der Waals surface area contributed by atoms with Gasteiger partial charge in [0.2, 0.25) is 0 Å². The summed E-state index contributed by atoms with van der Waals surface area (Å²) in [6.07, 6.45) is 0.988. The number of carboxylic acids is 1. The Hall–Kier alpha value is -3.10. The minimum absolute atomic E-state index is 0.103. The molecule has 0 heterocycles. The van der Waals surface area contributed by atoms with Crippen molar-refractivity contribution in [3.8, 4) is 5.75 Å². The van der Waals surface area contributed by atoms with Crippen LogP contribution in [0.3, 0.4) is 0 Å². The van der Waals surface area contributed by atoms with Gasteiger partial charge in [-0.2, -0.15) is 0 Å². The molecule has 0 spiro atoms. The van der Waals surface area contributed by atoms with E-state index in [2.05, 4.69) is 0 Å². The third-order valence-electron chi connectivity index (χ3n) is 4.97. The van der Waals surface area contributed by atoms with Gasteiger partial charge in [0.25, 0.3) is 0 Å². The molecule has 1 aromatic rings. The topological polar surface area (TPSA) is 246 Å². The molecule has 0 aliphatic carbocycles. The SMILES string of the molecule is C[C@@H](OC(=O)[C@@H](N)Cc1ccc(OC(=O)[C@@H](N)CCCCN)cc1)[C@H](N)C(=O)OC[C@H](N)C(=O)O. The second-order valence-corrected chi connectivity index (χ2v) is 8.01. The maximum Gasteiger partial charge on any atom is 0.328 e. The van der Waals surface area contributed by atoms with Crippen LogP contribution in [0.2, 0.25) is 0 Å². The zero-order valence-electron chi connectivity index (χ0n) is 19.6. The molecule has 1 rings (SSSR count). The van der Waals surface area contributed by atoms with Gasteiger partial charge in [0.15, 0.2) is 0 Å². The van der Waals surface area contributed by atoms with Crippen molar-refractivity contribution < 1.29 is 38.5 Å². The van der Waals surface area contributed by atoms with Crippen LogP contribution in [-0.4, -0.2) is 72.4 Å². The normalized spacial score (nSPS) is 15.3. The average Bonchev–Trinajstić information content (AvgIpc) is 2.82. The van der Waals surface area contributed by atoms with Crippen molar-refractivity contribution in [2.45, 2.75) is 62.9 Å². The first-order valence-electron chi connectivity index (χ1n) is 11.1. The first-order chi connectivity index (χ1) is 16.5. The van der Waals surface area contributed by atoms with E-state index in [9.17, 15) is 19.2 Å². The van der Waals surface area contributed by atoms with E-state index in [1.807, 2.05) is 0 Å². The number of carboxylic acid groups (broad SMARTS) is 1. The lowest BCUT2D eigenvalue weighted by atomic mass is 10.1. The summed E-state index contributed by atoms with van der Waals surface area (Å²) >= 11 is 0. The third-order valence-corrected chi connectivity index (χ3v) is 4.97. The van der Waals surface area contributed by atoms with Crippen LogP contribution in [0.25, 0.3) is 0 Å². The number of benzene rings is 1. The Morgan fingerprint density at radius 2 is 1.51 bits per heavy atom. The molecule has 0 radical (unpaired) electrons. The Morgan fingerprint density at radius 3 is 2.09 bits per heavy atom. The monoisotopic (exact) mass is 497 g/mol. The number of hydrogen-bond acceptors (Lipinski definition) is 12. The zero-order chi connectivity index (χ0) is 26.5. The fourth-order valence-corrected chi connectivity index (χ4v) is 2.72. The van der Waals surface area contributed by atoms with E-state index in [0.717, 1.165) is 12.8 Å². The number of hydrogen-bond donors (Lipinski definition) is 6. The smallest absolute Gasteiger partial charge is 0.328 e. The van der Waals surface area contributed by atoms with Crippen molar-refractivity contribution in [1.82, 2.24) is 0 Å². The van der Waals surface area contributed by atoms with E-state index in [-0.39, 0.29) is 6.42 Å². The molecule has 0 aliphatic rings. The molecule has 0 amide bonds. The Kier molecular flexibility index (Phi) is 12.8. The predicted octanol–water partition coefficient (Wildman–Crippen LogP) is -1.87. The van der Waals surface area contributed by atoms with Crippen molar-refractivity contribution in [3.63, 3.8) is 0 Å². The fraction of sp³-hybridized carbons (Fsp3) is 0.545. The first kappa shape index (κ1) is 29.9. The second-order valence-electron chi connectivity index (χ2n) is 8.01. The maximum absolute atomic E-state index is 12.3. The maximum atomic E-state index is 12.3. The lowest BCUT2D eigenvalue weighted by molar-refractivity contribution is -0.158. The van der Waals surface area contributed by atoms with Gasteiger partial charge < -0.3 is 48.0 Å². The van der Waals surface area contributed by atoms with Crippen molar-refractivity contribution in [2.75, 3.05) is 13.2 Å². The van der Waals surface area contributed by atoms with E-state index in [4.69, 9.17) is 48.0 Å². The number of esters is 3. The fourth-order valence-electron chi connectivity index (χ4n) is 2.72. The summed E-state index contributed by atoms with van der Waals surface area (Å²) in [5, 5.41) is 8.69. The zero-order valence-corrected chi connectivity index (χ0v) is 19.6. The summed E-state index contributed by atoms with van der Waals surface area (Å²) in [7, 11) is 0. The van der Waals surface area contributed by atoms with E-state index in [1.54, 1.807) is 24.3 Å². The summed E-state index contributed by atoms with van der Waals surface area (Å²) in [4.78, 5) is 46.9. The number of carbonyl (C=O) groups is 4. The molecule has 0 fully saturated rings. The van der Waals surface area contributed by atoms with Gasteiger partial charge in [-0.25, -0.2) is 4.79 Å². The third kappa shape index (κ3) is 10.8. The van der Waals surface area contributed by atoms with Crippen LogP contribution >= 0.6 is 0 Å². The Balaban J connectivity index is 2.52. The highest BCUT2D eigenvalue weighted by Gasteiger charge is 2.28. The summed E-state index contributed by atoms with van der Waals surface area (Å²) in [5.74, 6) is -3.37. The molecule has 0 aliphatic heterocycles. The van der Waals surface area contributed by atoms with Gasteiger partial charge in [-0.15, -0.1) is 0 Å². The van der Waals surface area contributed by atoms with Crippen molar-refractivity contribution in [1.29, 1.82) is 0 Å². The minimum atomic E-state index is -1.40. The number of unbranched alkanes of at least 4 members (excludes halogenated alkanes) is 1. The van der Waals surface area contributed by atoms with Crippen LogP contribution in [0, 0.1) is 0 Å². The summed E-state index contributed by atoms with van der Waals surface area (Å²) in [6, 6.07) is 1.80. The highest BCUT2D eigenvalue weighted by molar-refractivity contribution is 5.80. The molecule has 0 unspecified atom stereocenters. The Labute approximate surface area is 203 Å². The van der Waals surface area contributed by atoms with Crippen LogP contribution in [-0.2, 0) is 35.1 Å². The number of aliphatic carboxylic acids is 1. The molecule has 0 saturated carbocycles. The number of ether oxygens (including phenoxy) is 3. The minimum Gasteiger partial charge on any atom is -0.480 e. The molecule has 0 saturated heterocycles. The van der Waals surface area contributed by atoms with Crippen LogP contribution in [0.1, 0.15) is 31.7 Å². The van der Waals surface area contributed by atoms with Crippen LogP contribution in [0.5, 0.6) is 5.75 Å². The molecule has 35 heavy (non-hydrogen) atoms. The quantitative estimate of drug-likeness (QED) is 0.0884. The van der Waals surface area contributed by atoms with E-state index < -0.39 is 60.8 Å². The lowest BCUT2D eigenvalue weighted by Gasteiger charge is -2.21. The number of rotatable bonds is 15. The summed E-state index contributed by atoms with van der Waals surface area (Å²) in [5.41, 5.74) is 28.7. The molecular weight excluding hydrogens is 462 g/mol. The molecule has 1 aromatic carbocycles. The largest absolute Gasteiger partial charge is 0.480 e. The molecule has 13 nitrogen and oxygen atoms in total. The van der Waals surface area contributed by atoms with Gasteiger partial charge in [0, 0.05) is 0 Å². The van der Waals surface area contributed by atoms with Gasteiger partial charge in [0.1, 0.15) is 42.6 Å². The van der Waals surface area contributed by atoms with Crippen LogP contribution in [0.4, 0.5) is 0 Å². The standard InChI is InChI=1S/C22H35N5O8/c1-12(18(27)22(32)33-11-17(26)19(28)29)34-21(31)16(25)10-13-5-7-14(8-6-13)35-20(30)15(24)4-2-3-9-23/h5-8,12,15-18H,2-4,9-11,23-27H2,1H3,(H,28,29)/t12-,15+,16+,17+,18+/m1/s1. The molecule has 13 heteroatoms. The Morgan fingerprint density at radius 1 is 0.886 bits per heavy atom. The molecule has 11 N–H and O–H groups in total. The summed E-state index contributed by atoms with van der Waals surface area (Å²) < 4.78 is 15.1. The van der Waals surface area contributed by atoms with Gasteiger partial charge >= 0.3 is 23.9 Å². The highest BCUT2D eigenvalue weighted by Crippen LogP contribution is 2.15. The lowest BCUT2D eigenvalue weighted by Crippen LogP contribution is -2.47. The van der Waals surface area contributed by atoms with Crippen LogP contribution < -0.4 is 33.4 Å². The first-order valence-corrected chi connectivity index (χ1v) is 11.1. The molecule has 0 aromatic heterocycles. The van der Waals surface area contributed by atoms with Gasteiger partial charge in [0.05, 0.1) is 0 Å². The average molecular weight is 498 g/mol. The van der Waals surface area contributed by atoms with Crippen LogP contribution in [0.15, 0.2) is 24.3 Å². The van der Waals surface area contributed by atoms with E-state index in [1.165, 1.54) is 6.92 Å². The molecule has 0 bridgehead atoms. The number of carbonyl (C=O) groups excluding carboxylic acids is 3.